The molecule has 2 nitrogen and oxygen atoms in total. The topological polar surface area (TPSA) is 35.2 Å². The molecule has 2 aliphatic rings. The second-order valence-corrected chi connectivity index (χ2v) is 4.75. The Morgan fingerprint density at radius 2 is 2.25 bits per heavy atom. The van der Waals surface area contributed by atoms with Crippen LogP contribution < -0.4 is 10.5 Å². The van der Waals surface area contributed by atoms with Gasteiger partial charge < -0.3 is 10.5 Å². The number of fused-ring (bicyclic) bond motifs is 2. The van der Waals surface area contributed by atoms with Gasteiger partial charge in [-0.15, -0.1) is 0 Å². The number of hydrogen-bond donors (Lipinski definition) is 1. The zero-order valence-corrected chi connectivity index (χ0v) is 9.62. The summed E-state index contributed by atoms with van der Waals surface area (Å²) in [5.41, 5.74) is 11.9. The molecule has 0 saturated carbocycles. The van der Waals surface area contributed by atoms with E-state index in [1.165, 1.54) is 16.7 Å². The largest absolute Gasteiger partial charge is 0.496 e. The van der Waals surface area contributed by atoms with E-state index in [1.807, 2.05) is 0 Å². The van der Waals surface area contributed by atoms with Gasteiger partial charge in [-0.1, -0.05) is 17.7 Å². The molecule has 0 saturated heterocycles. The van der Waals surface area contributed by atoms with Crippen LogP contribution in [0.2, 0.25) is 0 Å². The predicted octanol–water partition coefficient (Wildman–Crippen LogP) is 2.52. The molecule has 0 aliphatic heterocycles. The average Bonchev–Trinajstić information content (AvgIpc) is 2.67. The first-order chi connectivity index (χ1) is 7.79. The maximum atomic E-state index is 6.05. The van der Waals surface area contributed by atoms with Gasteiger partial charge in [0.15, 0.2) is 0 Å². The fraction of sp³-hybridized carbons (Fsp3) is 0.429. The number of benzene rings is 1. The van der Waals surface area contributed by atoms with Crippen molar-refractivity contribution in [2.24, 2.45) is 5.73 Å². The lowest BCUT2D eigenvalue weighted by atomic mass is 9.89. The van der Waals surface area contributed by atoms with E-state index >= 15 is 0 Å². The molecule has 0 fully saturated rings. The lowest BCUT2D eigenvalue weighted by Crippen LogP contribution is -2.23. The molecule has 3 rings (SSSR count). The van der Waals surface area contributed by atoms with E-state index in [4.69, 9.17) is 10.5 Å². The molecule has 2 heteroatoms. The van der Waals surface area contributed by atoms with E-state index < -0.39 is 0 Å². The number of ether oxygens (including phenoxy) is 1. The summed E-state index contributed by atoms with van der Waals surface area (Å²) in [6.07, 6.45) is 4.40. The lowest BCUT2D eigenvalue weighted by Gasteiger charge is -2.20. The van der Waals surface area contributed by atoms with Crippen LogP contribution in [0.5, 0.6) is 5.75 Å². The summed E-state index contributed by atoms with van der Waals surface area (Å²) in [6.45, 7) is 0. The molecule has 0 radical (unpaired) electrons. The Morgan fingerprint density at radius 1 is 1.38 bits per heavy atom. The number of nitrogens with two attached hydrogens (primary N) is 1. The Morgan fingerprint density at radius 3 is 3.06 bits per heavy atom. The van der Waals surface area contributed by atoms with Gasteiger partial charge in [0.2, 0.25) is 0 Å². The average molecular weight is 215 g/mol. The van der Waals surface area contributed by atoms with Gasteiger partial charge in [0.05, 0.1) is 7.11 Å². The summed E-state index contributed by atoms with van der Waals surface area (Å²) in [4.78, 5) is 0. The van der Waals surface area contributed by atoms with E-state index in [0.29, 0.717) is 6.04 Å². The highest BCUT2D eigenvalue weighted by Crippen LogP contribution is 2.44. The number of rotatable bonds is 1. The first kappa shape index (κ1) is 9.91. The van der Waals surface area contributed by atoms with E-state index in [9.17, 15) is 0 Å². The minimum absolute atomic E-state index is 0.343. The van der Waals surface area contributed by atoms with Gasteiger partial charge in [-0.3, -0.25) is 0 Å². The summed E-state index contributed by atoms with van der Waals surface area (Å²) >= 11 is 0. The fourth-order valence-electron chi connectivity index (χ4n) is 2.95. The molecule has 84 valence electrons. The van der Waals surface area contributed by atoms with Crippen molar-refractivity contribution >= 4 is 5.57 Å². The number of allylic oxidation sites excluding steroid dienone is 1. The van der Waals surface area contributed by atoms with Crippen LogP contribution in [-0.4, -0.2) is 13.2 Å². The molecule has 0 bridgehead atoms. The van der Waals surface area contributed by atoms with Gasteiger partial charge in [0.1, 0.15) is 5.75 Å². The minimum atomic E-state index is 0.343. The van der Waals surface area contributed by atoms with Gasteiger partial charge in [0.25, 0.3) is 0 Å². The molecule has 0 heterocycles. The number of hydrogen-bond acceptors (Lipinski definition) is 2. The van der Waals surface area contributed by atoms with Crippen molar-refractivity contribution in [1.29, 1.82) is 0 Å². The molecule has 0 amide bonds. The first-order valence-corrected chi connectivity index (χ1v) is 5.92. The molecule has 16 heavy (non-hydrogen) atoms. The monoisotopic (exact) mass is 215 g/mol. The Hall–Kier alpha value is -1.28. The van der Waals surface area contributed by atoms with E-state index in [-0.39, 0.29) is 0 Å². The van der Waals surface area contributed by atoms with Crippen molar-refractivity contribution < 1.29 is 4.74 Å². The maximum absolute atomic E-state index is 6.05. The van der Waals surface area contributed by atoms with Gasteiger partial charge in [-0.2, -0.15) is 0 Å². The van der Waals surface area contributed by atoms with Crippen LogP contribution in [0.4, 0.5) is 0 Å². The van der Waals surface area contributed by atoms with Crippen molar-refractivity contribution in [2.75, 3.05) is 7.11 Å². The molecular formula is C14H17NO. The lowest BCUT2D eigenvalue weighted by molar-refractivity contribution is 0.410. The highest BCUT2D eigenvalue weighted by atomic mass is 16.5. The Kier molecular flexibility index (Phi) is 2.25. The molecule has 1 aromatic carbocycles. The second kappa shape index (κ2) is 3.63. The molecule has 0 aromatic heterocycles. The fourth-order valence-corrected chi connectivity index (χ4v) is 2.95. The zero-order valence-electron chi connectivity index (χ0n) is 9.62. The van der Waals surface area contributed by atoms with E-state index in [0.717, 1.165) is 31.4 Å². The summed E-state index contributed by atoms with van der Waals surface area (Å²) < 4.78 is 5.43. The van der Waals surface area contributed by atoms with Gasteiger partial charge in [-0.05, 0) is 42.9 Å². The third kappa shape index (κ3) is 1.37. The molecular weight excluding hydrogens is 198 g/mol. The summed E-state index contributed by atoms with van der Waals surface area (Å²) in [6, 6.07) is 6.68. The molecule has 2 aliphatic carbocycles. The van der Waals surface area contributed by atoms with Crippen molar-refractivity contribution in [1.82, 2.24) is 0 Å². The Balaban J connectivity index is 2.06. The normalized spacial score (nSPS) is 23.0. The summed E-state index contributed by atoms with van der Waals surface area (Å²) in [5.74, 6) is 1.03. The quantitative estimate of drug-likeness (QED) is 0.781. The third-order valence-electron chi connectivity index (χ3n) is 3.78. The molecule has 0 spiro atoms. The first-order valence-electron chi connectivity index (χ1n) is 5.92. The van der Waals surface area contributed by atoms with Crippen LogP contribution in [0.1, 0.15) is 30.4 Å². The van der Waals surface area contributed by atoms with Crippen molar-refractivity contribution in [3.63, 3.8) is 0 Å². The number of methoxy groups -OCH3 is 1. The van der Waals surface area contributed by atoms with Crippen LogP contribution in [0.25, 0.3) is 5.57 Å². The Bertz CT molecular complexity index is 462. The molecule has 1 unspecified atom stereocenters. The second-order valence-electron chi connectivity index (χ2n) is 4.75. The van der Waals surface area contributed by atoms with Crippen LogP contribution in [0.3, 0.4) is 0 Å². The van der Waals surface area contributed by atoms with Crippen molar-refractivity contribution in [3.05, 3.63) is 34.9 Å². The van der Waals surface area contributed by atoms with Gasteiger partial charge >= 0.3 is 0 Å². The van der Waals surface area contributed by atoms with E-state index in [2.05, 4.69) is 18.2 Å². The zero-order chi connectivity index (χ0) is 11.1. The van der Waals surface area contributed by atoms with Crippen molar-refractivity contribution in [2.45, 2.75) is 31.7 Å². The van der Waals surface area contributed by atoms with Crippen LogP contribution in [0, 0.1) is 0 Å². The van der Waals surface area contributed by atoms with Crippen LogP contribution >= 0.6 is 0 Å². The summed E-state index contributed by atoms with van der Waals surface area (Å²) in [7, 11) is 1.75. The molecule has 1 atom stereocenters. The van der Waals surface area contributed by atoms with Crippen LogP contribution in [0.15, 0.2) is 23.8 Å². The van der Waals surface area contributed by atoms with Crippen LogP contribution in [-0.2, 0) is 6.42 Å². The Labute approximate surface area is 96.1 Å². The molecule has 2 N–H and O–H groups in total. The van der Waals surface area contributed by atoms with E-state index in [1.54, 1.807) is 12.7 Å². The third-order valence-corrected chi connectivity index (χ3v) is 3.78. The minimum Gasteiger partial charge on any atom is -0.496 e. The highest BCUT2D eigenvalue weighted by Gasteiger charge is 2.28. The van der Waals surface area contributed by atoms with Crippen molar-refractivity contribution in [3.8, 4) is 5.75 Å². The predicted molar refractivity (Wildman–Crippen MR) is 65.4 cm³/mol. The smallest absolute Gasteiger partial charge is 0.122 e. The van der Waals surface area contributed by atoms with Gasteiger partial charge in [-0.25, -0.2) is 0 Å². The van der Waals surface area contributed by atoms with Gasteiger partial charge in [0, 0.05) is 11.6 Å². The highest BCUT2D eigenvalue weighted by molar-refractivity contribution is 5.79. The summed E-state index contributed by atoms with van der Waals surface area (Å²) in [5, 5.41) is 0. The SMILES string of the molecule is COc1cccc2c1CC1=C2CC(N)CC1. The molecule has 1 aromatic rings. The maximum Gasteiger partial charge on any atom is 0.122 e. The standard InChI is InChI=1S/C14H17NO/c1-16-14-4-2-3-11-12-8-10(15)6-5-9(12)7-13(11)14/h2-4,10H,5-8,15H2,1H3.